The van der Waals surface area contributed by atoms with Crippen molar-refractivity contribution >= 4 is 0 Å². The minimum Gasteiger partial charge on any atom is -0.507 e. The standard InChI is InChI=1S/C16H15FO/c17-14-8-9-16(18)15(10-14)13-6-4-12(5-7-13)11-2-1-3-11/h4-11,18H,1-3H2. The number of halogens is 1. The van der Waals surface area contributed by atoms with Gasteiger partial charge in [0.15, 0.2) is 0 Å². The normalized spacial score (nSPS) is 15.4. The molecular weight excluding hydrogens is 227 g/mol. The smallest absolute Gasteiger partial charge is 0.124 e. The molecule has 1 saturated carbocycles. The molecule has 2 aromatic rings. The maximum absolute atomic E-state index is 13.2. The summed E-state index contributed by atoms with van der Waals surface area (Å²) in [6.45, 7) is 0. The molecule has 2 heteroatoms. The largest absolute Gasteiger partial charge is 0.507 e. The van der Waals surface area contributed by atoms with Crippen molar-refractivity contribution in [3.05, 3.63) is 53.8 Å². The van der Waals surface area contributed by atoms with Crippen molar-refractivity contribution in [2.24, 2.45) is 0 Å². The lowest BCUT2D eigenvalue weighted by atomic mass is 9.80. The second-order valence-corrected chi connectivity index (χ2v) is 4.91. The van der Waals surface area contributed by atoms with Gasteiger partial charge < -0.3 is 5.11 Å². The van der Waals surface area contributed by atoms with E-state index in [2.05, 4.69) is 12.1 Å². The number of hydrogen-bond acceptors (Lipinski definition) is 1. The maximum atomic E-state index is 13.2. The summed E-state index contributed by atoms with van der Waals surface area (Å²) in [7, 11) is 0. The Morgan fingerprint density at radius 1 is 1.00 bits per heavy atom. The van der Waals surface area contributed by atoms with Crippen molar-refractivity contribution in [2.45, 2.75) is 25.2 Å². The number of benzene rings is 2. The highest BCUT2D eigenvalue weighted by atomic mass is 19.1. The lowest BCUT2D eigenvalue weighted by Gasteiger charge is -2.25. The van der Waals surface area contributed by atoms with Crippen molar-refractivity contribution in [1.29, 1.82) is 0 Å². The van der Waals surface area contributed by atoms with Gasteiger partial charge >= 0.3 is 0 Å². The predicted octanol–water partition coefficient (Wildman–Crippen LogP) is 4.47. The molecule has 2 aromatic carbocycles. The van der Waals surface area contributed by atoms with Gasteiger partial charge in [-0.05, 0) is 48.1 Å². The quantitative estimate of drug-likeness (QED) is 0.824. The van der Waals surface area contributed by atoms with Gasteiger partial charge in [-0.15, -0.1) is 0 Å². The molecule has 0 unspecified atom stereocenters. The van der Waals surface area contributed by atoms with Gasteiger partial charge in [-0.1, -0.05) is 30.7 Å². The molecule has 1 N–H and O–H groups in total. The van der Waals surface area contributed by atoms with E-state index in [9.17, 15) is 9.50 Å². The van der Waals surface area contributed by atoms with Crippen LogP contribution in [0.2, 0.25) is 0 Å². The van der Waals surface area contributed by atoms with E-state index >= 15 is 0 Å². The Morgan fingerprint density at radius 3 is 2.33 bits per heavy atom. The van der Waals surface area contributed by atoms with Crippen LogP contribution in [0.25, 0.3) is 11.1 Å². The average Bonchev–Trinajstić information content (AvgIpc) is 2.31. The fourth-order valence-electron chi connectivity index (χ4n) is 2.42. The average molecular weight is 242 g/mol. The van der Waals surface area contributed by atoms with E-state index < -0.39 is 0 Å². The monoisotopic (exact) mass is 242 g/mol. The van der Waals surface area contributed by atoms with Crippen LogP contribution < -0.4 is 0 Å². The van der Waals surface area contributed by atoms with E-state index in [1.165, 1.54) is 43.0 Å². The van der Waals surface area contributed by atoms with Gasteiger partial charge in [0, 0.05) is 5.56 Å². The topological polar surface area (TPSA) is 20.2 Å². The van der Waals surface area contributed by atoms with Crippen LogP contribution in [0.5, 0.6) is 5.75 Å². The molecule has 1 aliphatic rings. The van der Waals surface area contributed by atoms with E-state index in [0.717, 1.165) is 5.56 Å². The van der Waals surface area contributed by atoms with Crippen molar-refractivity contribution in [1.82, 2.24) is 0 Å². The van der Waals surface area contributed by atoms with Gasteiger partial charge in [-0.25, -0.2) is 4.39 Å². The fraction of sp³-hybridized carbons (Fsp3) is 0.250. The van der Waals surface area contributed by atoms with Gasteiger partial charge in [0.2, 0.25) is 0 Å². The molecule has 0 spiro atoms. The van der Waals surface area contributed by atoms with Crippen LogP contribution in [0.15, 0.2) is 42.5 Å². The zero-order valence-corrected chi connectivity index (χ0v) is 10.1. The SMILES string of the molecule is Oc1ccc(F)cc1-c1ccc(C2CCC2)cc1. The van der Waals surface area contributed by atoms with Crippen molar-refractivity contribution in [2.75, 3.05) is 0 Å². The molecule has 1 fully saturated rings. The van der Waals surface area contributed by atoms with Crippen LogP contribution in [0.1, 0.15) is 30.7 Å². The van der Waals surface area contributed by atoms with Crippen LogP contribution in [0.4, 0.5) is 4.39 Å². The summed E-state index contributed by atoms with van der Waals surface area (Å²) in [5, 5.41) is 9.76. The number of phenolic OH excluding ortho intramolecular Hbond substituents is 1. The third kappa shape index (κ3) is 1.99. The molecule has 3 rings (SSSR count). The first-order chi connectivity index (χ1) is 8.74. The molecule has 0 amide bonds. The highest BCUT2D eigenvalue weighted by molar-refractivity contribution is 5.70. The summed E-state index contributed by atoms with van der Waals surface area (Å²) in [6.07, 6.45) is 3.85. The first-order valence-corrected chi connectivity index (χ1v) is 6.33. The molecule has 0 radical (unpaired) electrons. The maximum Gasteiger partial charge on any atom is 0.124 e. The lowest BCUT2D eigenvalue weighted by molar-refractivity contribution is 0.420. The van der Waals surface area contributed by atoms with Crippen LogP contribution in [0, 0.1) is 5.82 Å². The molecular formula is C16H15FO. The van der Waals surface area contributed by atoms with Crippen molar-refractivity contribution in [3.8, 4) is 16.9 Å². The fourth-order valence-corrected chi connectivity index (χ4v) is 2.42. The van der Waals surface area contributed by atoms with E-state index in [1.807, 2.05) is 12.1 Å². The van der Waals surface area contributed by atoms with Gasteiger partial charge in [0.05, 0.1) is 0 Å². The Labute approximate surface area is 106 Å². The molecule has 0 atom stereocenters. The Bertz CT molecular complexity index is 556. The van der Waals surface area contributed by atoms with Crippen molar-refractivity contribution in [3.63, 3.8) is 0 Å². The summed E-state index contributed by atoms with van der Waals surface area (Å²) in [5.41, 5.74) is 2.76. The molecule has 1 aliphatic carbocycles. The lowest BCUT2D eigenvalue weighted by Crippen LogP contribution is -2.08. The molecule has 0 saturated heterocycles. The molecule has 0 aliphatic heterocycles. The molecule has 0 bridgehead atoms. The Hall–Kier alpha value is -1.83. The van der Waals surface area contributed by atoms with Crippen LogP contribution in [-0.4, -0.2) is 5.11 Å². The van der Waals surface area contributed by atoms with Crippen LogP contribution >= 0.6 is 0 Å². The van der Waals surface area contributed by atoms with Gasteiger partial charge in [0.25, 0.3) is 0 Å². The summed E-state index contributed by atoms with van der Waals surface area (Å²) in [6, 6.07) is 12.1. The number of rotatable bonds is 2. The second kappa shape index (κ2) is 4.45. The van der Waals surface area contributed by atoms with Gasteiger partial charge in [-0.3, -0.25) is 0 Å². The summed E-state index contributed by atoms with van der Waals surface area (Å²) >= 11 is 0. The summed E-state index contributed by atoms with van der Waals surface area (Å²) < 4.78 is 13.2. The first-order valence-electron chi connectivity index (χ1n) is 6.33. The third-order valence-electron chi connectivity index (χ3n) is 3.76. The zero-order chi connectivity index (χ0) is 12.5. The molecule has 92 valence electrons. The minimum atomic E-state index is -0.328. The molecule has 0 heterocycles. The Kier molecular flexibility index (Phi) is 2.78. The van der Waals surface area contributed by atoms with Crippen LogP contribution in [0.3, 0.4) is 0 Å². The third-order valence-corrected chi connectivity index (χ3v) is 3.76. The molecule has 1 nitrogen and oxygen atoms in total. The number of phenols is 1. The predicted molar refractivity (Wildman–Crippen MR) is 70.1 cm³/mol. The Morgan fingerprint density at radius 2 is 1.72 bits per heavy atom. The van der Waals surface area contributed by atoms with Gasteiger partial charge in [0.1, 0.15) is 11.6 Å². The molecule has 0 aromatic heterocycles. The highest BCUT2D eigenvalue weighted by Crippen LogP contribution is 2.37. The van der Waals surface area contributed by atoms with E-state index in [1.54, 1.807) is 0 Å². The van der Waals surface area contributed by atoms with E-state index in [-0.39, 0.29) is 11.6 Å². The first kappa shape index (κ1) is 11.3. The van der Waals surface area contributed by atoms with Crippen LogP contribution in [-0.2, 0) is 0 Å². The van der Waals surface area contributed by atoms with Crippen molar-refractivity contribution < 1.29 is 9.50 Å². The summed E-state index contributed by atoms with van der Waals surface area (Å²) in [5.74, 6) is 0.485. The number of aromatic hydroxyl groups is 1. The van der Waals surface area contributed by atoms with Gasteiger partial charge in [-0.2, -0.15) is 0 Å². The van der Waals surface area contributed by atoms with E-state index in [0.29, 0.717) is 11.5 Å². The zero-order valence-electron chi connectivity index (χ0n) is 10.1. The van der Waals surface area contributed by atoms with E-state index in [4.69, 9.17) is 0 Å². The minimum absolute atomic E-state index is 0.118. The summed E-state index contributed by atoms with van der Waals surface area (Å²) in [4.78, 5) is 0. The number of hydrogen-bond donors (Lipinski definition) is 1. The molecule has 18 heavy (non-hydrogen) atoms. The second-order valence-electron chi connectivity index (χ2n) is 4.91. The Balaban J connectivity index is 1.94. The highest BCUT2D eigenvalue weighted by Gasteiger charge is 2.19.